The number of H-pyrrole nitrogens is 1. The number of nitrogens with zero attached hydrogens (tertiary/aromatic N) is 4. The van der Waals surface area contributed by atoms with Gasteiger partial charge in [-0.3, -0.25) is 9.48 Å². The van der Waals surface area contributed by atoms with Gasteiger partial charge in [0.15, 0.2) is 0 Å². The number of likely N-dealkylation sites (tertiary alicyclic amines) is 1. The molecule has 3 rings (SSSR count). The Hall–Kier alpha value is -2.11. The number of imidazole rings is 1. The lowest BCUT2D eigenvalue weighted by Crippen LogP contribution is -2.39. The molecule has 1 N–H and O–H groups in total. The Kier molecular flexibility index (Phi) is 4.00. The number of hydrogen-bond acceptors (Lipinski definition) is 3. The molecular formula is C16H23N5O. The lowest BCUT2D eigenvalue weighted by molar-refractivity contribution is 0.0703. The molecule has 22 heavy (non-hydrogen) atoms. The van der Waals surface area contributed by atoms with Crippen LogP contribution in [0, 0.1) is 13.8 Å². The van der Waals surface area contributed by atoms with Crippen molar-refractivity contribution < 1.29 is 4.79 Å². The van der Waals surface area contributed by atoms with E-state index in [0.29, 0.717) is 5.92 Å². The Morgan fingerprint density at radius 1 is 1.45 bits per heavy atom. The van der Waals surface area contributed by atoms with Crippen LogP contribution in [0.4, 0.5) is 0 Å². The first-order valence-corrected chi connectivity index (χ1v) is 7.94. The van der Waals surface area contributed by atoms with Gasteiger partial charge < -0.3 is 9.88 Å². The fraction of sp³-hybridized carbons (Fsp3) is 0.562. The van der Waals surface area contributed by atoms with E-state index in [0.717, 1.165) is 55.3 Å². The number of carbonyl (C=O) groups excluding carboxylic acids is 1. The number of aromatic nitrogens is 4. The van der Waals surface area contributed by atoms with Crippen LogP contribution in [0.25, 0.3) is 0 Å². The van der Waals surface area contributed by atoms with Gasteiger partial charge in [-0.25, -0.2) is 4.98 Å². The number of rotatable bonds is 3. The summed E-state index contributed by atoms with van der Waals surface area (Å²) in [7, 11) is 0. The SMILES string of the molecule is CCn1nc(C)c(C(=O)N2CCCC(c3ncc[nH]3)C2)c1C. The highest BCUT2D eigenvalue weighted by atomic mass is 16.2. The Morgan fingerprint density at radius 3 is 2.91 bits per heavy atom. The van der Waals surface area contributed by atoms with E-state index in [-0.39, 0.29) is 5.91 Å². The van der Waals surface area contributed by atoms with E-state index in [9.17, 15) is 4.79 Å². The molecule has 2 aromatic heterocycles. The van der Waals surface area contributed by atoms with Crippen molar-refractivity contribution in [3.05, 3.63) is 35.2 Å². The summed E-state index contributed by atoms with van der Waals surface area (Å²) in [6, 6.07) is 0. The summed E-state index contributed by atoms with van der Waals surface area (Å²) in [5.74, 6) is 1.38. The highest BCUT2D eigenvalue weighted by molar-refractivity contribution is 5.96. The number of carbonyl (C=O) groups is 1. The number of amides is 1. The molecule has 1 atom stereocenters. The molecule has 0 aliphatic carbocycles. The number of piperidine rings is 1. The van der Waals surface area contributed by atoms with E-state index in [2.05, 4.69) is 15.1 Å². The number of aryl methyl sites for hydroxylation is 2. The maximum Gasteiger partial charge on any atom is 0.257 e. The van der Waals surface area contributed by atoms with E-state index in [1.165, 1.54) is 0 Å². The third kappa shape index (κ3) is 2.53. The second-order valence-corrected chi connectivity index (χ2v) is 5.93. The van der Waals surface area contributed by atoms with Crippen molar-refractivity contribution in [3.63, 3.8) is 0 Å². The van der Waals surface area contributed by atoms with E-state index in [1.54, 1.807) is 6.20 Å². The molecule has 1 fully saturated rings. The van der Waals surface area contributed by atoms with Crippen molar-refractivity contribution >= 4 is 5.91 Å². The van der Waals surface area contributed by atoms with Gasteiger partial charge in [-0.15, -0.1) is 0 Å². The second kappa shape index (κ2) is 5.94. The van der Waals surface area contributed by atoms with Crippen LogP contribution in [-0.2, 0) is 6.54 Å². The van der Waals surface area contributed by atoms with Crippen molar-refractivity contribution in [2.75, 3.05) is 13.1 Å². The summed E-state index contributed by atoms with van der Waals surface area (Å²) < 4.78 is 1.90. The smallest absolute Gasteiger partial charge is 0.257 e. The molecule has 1 unspecified atom stereocenters. The predicted octanol–water partition coefficient (Wildman–Crippen LogP) is 2.26. The zero-order valence-electron chi connectivity index (χ0n) is 13.5. The van der Waals surface area contributed by atoms with Crippen LogP contribution in [0.2, 0.25) is 0 Å². The van der Waals surface area contributed by atoms with Crippen LogP contribution >= 0.6 is 0 Å². The van der Waals surface area contributed by atoms with E-state index < -0.39 is 0 Å². The Bertz CT molecular complexity index is 658. The zero-order chi connectivity index (χ0) is 15.7. The number of nitrogens with one attached hydrogen (secondary N) is 1. The maximum absolute atomic E-state index is 12.9. The molecular weight excluding hydrogens is 278 g/mol. The fourth-order valence-electron chi connectivity index (χ4n) is 3.36. The van der Waals surface area contributed by atoms with Crippen molar-refractivity contribution in [1.82, 2.24) is 24.6 Å². The molecule has 0 radical (unpaired) electrons. The summed E-state index contributed by atoms with van der Waals surface area (Å²) in [6.07, 6.45) is 5.70. The standard InChI is InChI=1S/C16H23N5O/c1-4-21-12(3)14(11(2)19-21)16(22)20-9-5-6-13(10-20)15-17-7-8-18-15/h7-8,13H,4-6,9-10H2,1-3H3,(H,17,18). The largest absolute Gasteiger partial charge is 0.348 e. The summed E-state index contributed by atoms with van der Waals surface area (Å²) in [4.78, 5) is 22.4. The van der Waals surface area contributed by atoms with Crippen LogP contribution in [0.15, 0.2) is 12.4 Å². The highest BCUT2D eigenvalue weighted by Crippen LogP contribution is 2.26. The Morgan fingerprint density at radius 2 is 2.27 bits per heavy atom. The van der Waals surface area contributed by atoms with E-state index in [4.69, 9.17) is 0 Å². The molecule has 0 saturated carbocycles. The van der Waals surface area contributed by atoms with E-state index >= 15 is 0 Å². The zero-order valence-corrected chi connectivity index (χ0v) is 13.5. The van der Waals surface area contributed by atoms with Crippen LogP contribution in [0.3, 0.4) is 0 Å². The quantitative estimate of drug-likeness (QED) is 0.945. The minimum absolute atomic E-state index is 0.103. The molecule has 3 heterocycles. The summed E-state index contributed by atoms with van der Waals surface area (Å²) >= 11 is 0. The first-order chi connectivity index (χ1) is 10.6. The molecule has 2 aromatic rings. The summed E-state index contributed by atoms with van der Waals surface area (Å²) in [6.45, 7) is 8.26. The molecule has 0 bridgehead atoms. The average Bonchev–Trinajstić information content (AvgIpc) is 3.15. The molecule has 0 spiro atoms. The average molecular weight is 301 g/mol. The van der Waals surface area contributed by atoms with Crippen molar-refractivity contribution in [2.45, 2.75) is 46.1 Å². The van der Waals surface area contributed by atoms with Gasteiger partial charge in [-0.2, -0.15) is 5.10 Å². The maximum atomic E-state index is 12.9. The number of hydrogen-bond donors (Lipinski definition) is 1. The van der Waals surface area contributed by atoms with Gasteiger partial charge >= 0.3 is 0 Å². The lowest BCUT2D eigenvalue weighted by atomic mass is 9.96. The highest BCUT2D eigenvalue weighted by Gasteiger charge is 2.29. The van der Waals surface area contributed by atoms with Crippen molar-refractivity contribution in [1.29, 1.82) is 0 Å². The summed E-state index contributed by atoms with van der Waals surface area (Å²) in [5.41, 5.74) is 2.55. The topological polar surface area (TPSA) is 66.8 Å². The fourth-order valence-corrected chi connectivity index (χ4v) is 3.36. The van der Waals surface area contributed by atoms with Crippen LogP contribution < -0.4 is 0 Å². The Labute approximate surface area is 130 Å². The molecule has 1 saturated heterocycles. The van der Waals surface area contributed by atoms with Crippen LogP contribution in [-0.4, -0.2) is 43.6 Å². The normalized spacial score (nSPS) is 18.7. The molecule has 1 amide bonds. The summed E-state index contributed by atoms with van der Waals surface area (Å²) in [5, 5.41) is 4.46. The van der Waals surface area contributed by atoms with Crippen LogP contribution in [0.1, 0.15) is 53.3 Å². The van der Waals surface area contributed by atoms with E-state index in [1.807, 2.05) is 36.5 Å². The third-order valence-electron chi connectivity index (χ3n) is 4.51. The van der Waals surface area contributed by atoms with Gasteiger partial charge in [-0.1, -0.05) is 0 Å². The molecule has 6 nitrogen and oxygen atoms in total. The molecule has 118 valence electrons. The van der Waals surface area contributed by atoms with Gasteiger partial charge in [-0.05, 0) is 33.6 Å². The predicted molar refractivity (Wildman–Crippen MR) is 83.8 cm³/mol. The third-order valence-corrected chi connectivity index (χ3v) is 4.51. The molecule has 6 heteroatoms. The lowest BCUT2D eigenvalue weighted by Gasteiger charge is -2.32. The first-order valence-electron chi connectivity index (χ1n) is 7.94. The monoisotopic (exact) mass is 301 g/mol. The van der Waals surface area contributed by atoms with Crippen molar-refractivity contribution in [2.24, 2.45) is 0 Å². The minimum Gasteiger partial charge on any atom is -0.348 e. The molecule has 1 aliphatic heterocycles. The van der Waals surface area contributed by atoms with Gasteiger partial charge in [0.2, 0.25) is 0 Å². The second-order valence-electron chi connectivity index (χ2n) is 5.93. The minimum atomic E-state index is 0.103. The van der Waals surface area contributed by atoms with Gasteiger partial charge in [0, 0.05) is 43.6 Å². The molecule has 1 aliphatic rings. The molecule has 0 aromatic carbocycles. The van der Waals surface area contributed by atoms with Gasteiger partial charge in [0.1, 0.15) is 5.82 Å². The van der Waals surface area contributed by atoms with Crippen LogP contribution in [0.5, 0.6) is 0 Å². The van der Waals surface area contributed by atoms with Gasteiger partial charge in [0.05, 0.1) is 11.3 Å². The van der Waals surface area contributed by atoms with Crippen molar-refractivity contribution in [3.8, 4) is 0 Å². The van der Waals surface area contributed by atoms with Gasteiger partial charge in [0.25, 0.3) is 5.91 Å². The first kappa shape index (κ1) is 14.8. The Balaban J connectivity index is 1.81. The number of aromatic amines is 1.